The van der Waals surface area contributed by atoms with Gasteiger partial charge in [-0.2, -0.15) is 0 Å². The molecule has 5 heteroatoms. The summed E-state index contributed by atoms with van der Waals surface area (Å²) >= 11 is 13.6. The molecular formula is C15H19Cl2NOS. The van der Waals surface area contributed by atoms with Gasteiger partial charge in [-0.25, -0.2) is 0 Å². The van der Waals surface area contributed by atoms with E-state index in [-0.39, 0.29) is 5.91 Å². The van der Waals surface area contributed by atoms with Gasteiger partial charge in [0.2, 0.25) is 5.91 Å². The largest absolute Gasteiger partial charge is 0.352 e. The second-order valence-corrected chi connectivity index (χ2v) is 7.08. The molecule has 0 aromatic heterocycles. The quantitative estimate of drug-likeness (QED) is 0.804. The van der Waals surface area contributed by atoms with Crippen molar-refractivity contribution >= 4 is 40.9 Å². The maximum atomic E-state index is 12.0. The Bertz CT molecular complexity index is 461. The summed E-state index contributed by atoms with van der Waals surface area (Å²) in [5.74, 6) is 0.985. The Kier molecular flexibility index (Phi) is 6.06. The van der Waals surface area contributed by atoms with E-state index in [4.69, 9.17) is 23.2 Å². The predicted molar refractivity (Wildman–Crippen MR) is 86.7 cm³/mol. The number of carbonyl (C=O) groups excluding carboxylic acids is 1. The van der Waals surface area contributed by atoms with Gasteiger partial charge in [-0.05, 0) is 30.9 Å². The summed E-state index contributed by atoms with van der Waals surface area (Å²) < 4.78 is 0. The smallest absolute Gasteiger partial charge is 0.230 e. The average Bonchev–Trinajstić information content (AvgIpc) is 2.41. The molecular weight excluding hydrogens is 313 g/mol. The molecule has 0 bridgehead atoms. The number of carbonyl (C=O) groups is 1. The van der Waals surface area contributed by atoms with E-state index in [1.807, 2.05) is 0 Å². The normalized spacial score (nSPS) is 22.6. The van der Waals surface area contributed by atoms with E-state index < -0.39 is 0 Å². The standard InChI is InChI=1S/C15H19Cl2NOS/c1-10-5-2-3-8-13(10)18-14(19)9-20-15-11(16)6-4-7-12(15)17/h4,6-7,10,13H,2-3,5,8-9H2,1H3,(H,18,19)/t10-,13-/m0/s1. The monoisotopic (exact) mass is 331 g/mol. The van der Waals surface area contributed by atoms with Crippen molar-refractivity contribution in [2.45, 2.75) is 43.5 Å². The number of hydrogen-bond donors (Lipinski definition) is 1. The molecule has 20 heavy (non-hydrogen) atoms. The lowest BCUT2D eigenvalue weighted by molar-refractivity contribution is -0.119. The van der Waals surface area contributed by atoms with Crippen molar-refractivity contribution in [1.29, 1.82) is 0 Å². The molecule has 0 radical (unpaired) electrons. The van der Waals surface area contributed by atoms with Gasteiger partial charge in [0.1, 0.15) is 0 Å². The molecule has 0 heterocycles. The lowest BCUT2D eigenvalue weighted by atomic mass is 9.86. The summed E-state index contributed by atoms with van der Waals surface area (Å²) in [6.45, 7) is 2.21. The molecule has 1 saturated carbocycles. The van der Waals surface area contributed by atoms with Crippen LogP contribution in [0.5, 0.6) is 0 Å². The first-order chi connectivity index (χ1) is 9.58. The Morgan fingerprint density at radius 3 is 2.60 bits per heavy atom. The zero-order valence-electron chi connectivity index (χ0n) is 11.5. The molecule has 110 valence electrons. The van der Waals surface area contributed by atoms with E-state index in [1.165, 1.54) is 31.0 Å². The van der Waals surface area contributed by atoms with Crippen molar-refractivity contribution in [2.24, 2.45) is 5.92 Å². The third-order valence-corrected chi connectivity index (χ3v) is 5.71. The minimum Gasteiger partial charge on any atom is -0.352 e. The highest BCUT2D eigenvalue weighted by atomic mass is 35.5. The van der Waals surface area contributed by atoms with E-state index in [0.29, 0.717) is 27.8 Å². The van der Waals surface area contributed by atoms with E-state index >= 15 is 0 Å². The van der Waals surface area contributed by atoms with Crippen LogP contribution < -0.4 is 5.32 Å². The van der Waals surface area contributed by atoms with Gasteiger partial charge in [-0.15, -0.1) is 11.8 Å². The molecule has 1 N–H and O–H groups in total. The first-order valence-corrected chi connectivity index (χ1v) is 8.68. The predicted octanol–water partition coefficient (Wildman–Crippen LogP) is 4.78. The van der Waals surface area contributed by atoms with E-state index in [0.717, 1.165) is 11.3 Å². The number of hydrogen-bond acceptors (Lipinski definition) is 2. The number of benzene rings is 1. The van der Waals surface area contributed by atoms with E-state index in [9.17, 15) is 4.79 Å². The van der Waals surface area contributed by atoms with E-state index in [2.05, 4.69) is 12.2 Å². The third-order valence-electron chi connectivity index (χ3n) is 3.72. The van der Waals surface area contributed by atoms with Crippen LogP contribution in [-0.4, -0.2) is 17.7 Å². The first kappa shape index (κ1) is 16.0. The maximum Gasteiger partial charge on any atom is 0.230 e. The molecule has 1 aromatic rings. The highest BCUT2D eigenvalue weighted by molar-refractivity contribution is 8.00. The van der Waals surface area contributed by atoms with Crippen LogP contribution in [0, 0.1) is 5.92 Å². The van der Waals surface area contributed by atoms with Gasteiger partial charge >= 0.3 is 0 Å². The highest BCUT2D eigenvalue weighted by Crippen LogP contribution is 2.33. The molecule has 1 aromatic carbocycles. The number of halogens is 2. The number of thioether (sulfide) groups is 1. The molecule has 0 aliphatic heterocycles. The molecule has 1 amide bonds. The molecule has 1 aliphatic carbocycles. The van der Waals surface area contributed by atoms with Crippen LogP contribution >= 0.6 is 35.0 Å². The summed E-state index contributed by atoms with van der Waals surface area (Å²) in [6, 6.07) is 5.70. The Balaban J connectivity index is 1.86. The van der Waals surface area contributed by atoms with Crippen molar-refractivity contribution in [3.8, 4) is 0 Å². The first-order valence-electron chi connectivity index (χ1n) is 6.94. The van der Waals surface area contributed by atoms with Crippen LogP contribution in [0.4, 0.5) is 0 Å². The van der Waals surface area contributed by atoms with Gasteiger partial charge in [0.05, 0.1) is 15.8 Å². The summed E-state index contributed by atoms with van der Waals surface area (Å²) in [4.78, 5) is 12.8. The Hall–Kier alpha value is -0.380. The molecule has 2 rings (SSSR count). The molecule has 0 unspecified atom stereocenters. The summed E-state index contributed by atoms with van der Waals surface area (Å²) in [5.41, 5.74) is 0. The van der Waals surface area contributed by atoms with Crippen molar-refractivity contribution in [1.82, 2.24) is 5.32 Å². The molecule has 2 atom stereocenters. The van der Waals surface area contributed by atoms with Crippen molar-refractivity contribution < 1.29 is 4.79 Å². The topological polar surface area (TPSA) is 29.1 Å². The van der Waals surface area contributed by atoms with Crippen LogP contribution in [0.15, 0.2) is 23.1 Å². The lowest BCUT2D eigenvalue weighted by Crippen LogP contribution is -2.41. The van der Waals surface area contributed by atoms with Gasteiger partial charge in [-0.1, -0.05) is 49.0 Å². The summed E-state index contributed by atoms with van der Waals surface area (Å²) in [7, 11) is 0. The minimum absolute atomic E-state index is 0.0599. The molecule has 0 saturated heterocycles. The van der Waals surface area contributed by atoms with Crippen LogP contribution in [0.1, 0.15) is 32.6 Å². The van der Waals surface area contributed by atoms with Crippen LogP contribution in [0.25, 0.3) is 0 Å². The average molecular weight is 332 g/mol. The lowest BCUT2D eigenvalue weighted by Gasteiger charge is -2.29. The Labute approximate surface area is 134 Å². The molecule has 1 aliphatic rings. The molecule has 1 fully saturated rings. The maximum absolute atomic E-state index is 12.0. The minimum atomic E-state index is 0.0599. The van der Waals surface area contributed by atoms with Crippen LogP contribution in [0.2, 0.25) is 10.0 Å². The SMILES string of the molecule is C[C@H]1CCCC[C@@H]1NC(=O)CSc1c(Cl)cccc1Cl. The fraction of sp³-hybridized carbons (Fsp3) is 0.533. The molecule has 0 spiro atoms. The van der Waals surface area contributed by atoms with Gasteiger partial charge < -0.3 is 5.32 Å². The van der Waals surface area contributed by atoms with Gasteiger partial charge in [-0.3, -0.25) is 4.79 Å². The van der Waals surface area contributed by atoms with Gasteiger partial charge in [0.15, 0.2) is 0 Å². The number of rotatable bonds is 4. The van der Waals surface area contributed by atoms with Crippen molar-refractivity contribution in [3.63, 3.8) is 0 Å². The van der Waals surface area contributed by atoms with Gasteiger partial charge in [0.25, 0.3) is 0 Å². The Morgan fingerprint density at radius 1 is 1.30 bits per heavy atom. The highest BCUT2D eigenvalue weighted by Gasteiger charge is 2.22. The zero-order valence-corrected chi connectivity index (χ0v) is 13.8. The van der Waals surface area contributed by atoms with Crippen LogP contribution in [0.3, 0.4) is 0 Å². The summed E-state index contributed by atoms with van der Waals surface area (Å²) in [6.07, 6.45) is 4.77. The number of amides is 1. The van der Waals surface area contributed by atoms with Crippen molar-refractivity contribution in [3.05, 3.63) is 28.2 Å². The van der Waals surface area contributed by atoms with Crippen LogP contribution in [-0.2, 0) is 4.79 Å². The van der Waals surface area contributed by atoms with Gasteiger partial charge in [0, 0.05) is 10.9 Å². The summed E-state index contributed by atoms with van der Waals surface area (Å²) in [5, 5.41) is 4.33. The fourth-order valence-corrected chi connectivity index (χ4v) is 4.03. The zero-order chi connectivity index (χ0) is 14.5. The third kappa shape index (κ3) is 4.31. The second kappa shape index (κ2) is 7.58. The van der Waals surface area contributed by atoms with E-state index in [1.54, 1.807) is 18.2 Å². The molecule has 2 nitrogen and oxygen atoms in total. The van der Waals surface area contributed by atoms with Crippen molar-refractivity contribution in [2.75, 3.05) is 5.75 Å². The number of nitrogens with one attached hydrogen (secondary N) is 1. The Morgan fingerprint density at radius 2 is 1.95 bits per heavy atom. The second-order valence-electron chi connectivity index (χ2n) is 5.28. The fourth-order valence-electron chi connectivity index (χ4n) is 2.54.